The molecule has 0 bridgehead atoms. The average Bonchev–Trinajstić information content (AvgIpc) is 3.07. The van der Waals surface area contributed by atoms with Gasteiger partial charge in [0.1, 0.15) is 4.88 Å². The van der Waals surface area contributed by atoms with Crippen LogP contribution in [0.4, 0.5) is 5.95 Å². The van der Waals surface area contributed by atoms with E-state index in [4.69, 9.17) is 31.7 Å². The maximum Gasteiger partial charge on any atom is 0.291 e. The molecular weight excluding hydrogens is 386 g/mol. The van der Waals surface area contributed by atoms with Gasteiger partial charge in [0.05, 0.1) is 12.1 Å². The van der Waals surface area contributed by atoms with Crippen molar-refractivity contribution in [3.63, 3.8) is 0 Å². The van der Waals surface area contributed by atoms with Crippen LogP contribution in [0.1, 0.15) is 9.67 Å². The normalized spacial score (nSPS) is 13.6. The average molecular weight is 402 g/mol. The van der Waals surface area contributed by atoms with Crippen molar-refractivity contribution in [3.8, 4) is 5.88 Å². The summed E-state index contributed by atoms with van der Waals surface area (Å²) in [6.45, 7) is 2.60. The maximum atomic E-state index is 12.4. The molecule has 0 spiro atoms. The molecule has 1 aliphatic rings. The molecule has 1 aliphatic heterocycles. The molecule has 2 aromatic rings. The summed E-state index contributed by atoms with van der Waals surface area (Å²) in [5.74, 6) is 1.15. The highest BCUT2D eigenvalue weighted by Crippen LogP contribution is 2.24. The van der Waals surface area contributed by atoms with E-state index in [9.17, 15) is 4.79 Å². The molecular formula is C14H16ClN5O5S. The van der Waals surface area contributed by atoms with Crippen LogP contribution in [0.3, 0.4) is 0 Å². The molecule has 1 N–H and O–H groups in total. The molecule has 0 aliphatic carbocycles. The Kier molecular flexibility index (Phi) is 6.92. The highest BCUT2D eigenvalue weighted by Gasteiger charge is 2.25. The summed E-state index contributed by atoms with van der Waals surface area (Å²) < 4.78 is 5.11. The Hall–Kier alpha value is -2.66. The number of carbonyl (C=O) groups is 1. The summed E-state index contributed by atoms with van der Waals surface area (Å²) in [5.41, 5.74) is 0. The van der Waals surface area contributed by atoms with Gasteiger partial charge in [-0.25, -0.2) is 4.98 Å². The van der Waals surface area contributed by atoms with Gasteiger partial charge < -0.3 is 19.7 Å². The third-order valence-corrected chi connectivity index (χ3v) is 4.82. The van der Waals surface area contributed by atoms with E-state index >= 15 is 0 Å². The largest absolute Gasteiger partial charge is 0.481 e. The van der Waals surface area contributed by atoms with E-state index in [-0.39, 0.29) is 5.91 Å². The van der Waals surface area contributed by atoms with E-state index in [1.165, 1.54) is 11.3 Å². The number of carbonyl (C=O) groups excluding carboxylic acids is 1. The number of rotatable bonds is 3. The van der Waals surface area contributed by atoms with E-state index in [1.807, 2.05) is 15.2 Å². The first-order chi connectivity index (χ1) is 12.4. The SMILES string of the molecule is COc1ccnc(N2CCN(C(=O)c3sccc3Cl)CC2)n1.O=[N+]([O-])O. The lowest BCUT2D eigenvalue weighted by atomic mass is 10.3. The number of anilines is 1. The third-order valence-electron chi connectivity index (χ3n) is 3.49. The van der Waals surface area contributed by atoms with Crippen molar-refractivity contribution < 1.29 is 19.8 Å². The number of hydrogen-bond donors (Lipinski definition) is 1. The van der Waals surface area contributed by atoms with Crippen molar-refractivity contribution >= 4 is 34.8 Å². The summed E-state index contributed by atoms with van der Waals surface area (Å²) in [4.78, 5) is 33.8. The molecule has 0 aromatic carbocycles. The van der Waals surface area contributed by atoms with Crippen LogP contribution in [0.2, 0.25) is 5.02 Å². The zero-order valence-electron chi connectivity index (χ0n) is 13.7. The number of thiophene rings is 1. The standard InChI is InChI=1S/C14H15ClN4O2S.HNO3/c1-21-11-2-4-16-14(17-11)19-7-5-18(6-8-19)13(20)12-10(15)3-9-22-12;2-1(3)4/h2-4,9H,5-8H2,1H3;(H,2,3,4). The van der Waals surface area contributed by atoms with Gasteiger partial charge in [-0.1, -0.05) is 11.6 Å². The Morgan fingerprint density at radius 1 is 1.38 bits per heavy atom. The second-order valence-electron chi connectivity index (χ2n) is 5.01. The smallest absolute Gasteiger partial charge is 0.291 e. The zero-order valence-corrected chi connectivity index (χ0v) is 15.3. The second kappa shape index (κ2) is 9.15. The molecule has 0 radical (unpaired) electrons. The fourth-order valence-corrected chi connectivity index (χ4v) is 3.40. The summed E-state index contributed by atoms with van der Waals surface area (Å²) in [6.07, 6.45) is 1.67. The number of amides is 1. The first-order valence-electron chi connectivity index (χ1n) is 7.40. The van der Waals surface area contributed by atoms with Crippen molar-refractivity contribution in [2.45, 2.75) is 0 Å². The predicted octanol–water partition coefficient (Wildman–Crippen LogP) is 1.81. The van der Waals surface area contributed by atoms with Gasteiger partial charge in [0, 0.05) is 38.4 Å². The number of aromatic nitrogens is 2. The molecule has 10 nitrogen and oxygen atoms in total. The number of ether oxygens (including phenoxy) is 1. The molecule has 2 aromatic heterocycles. The lowest BCUT2D eigenvalue weighted by Gasteiger charge is -2.34. The minimum atomic E-state index is -1.50. The number of hydrogen-bond acceptors (Lipinski definition) is 8. The Balaban J connectivity index is 0.000000552. The third kappa shape index (κ3) is 5.17. The Labute approximate surface area is 157 Å². The Morgan fingerprint density at radius 3 is 2.58 bits per heavy atom. The first-order valence-corrected chi connectivity index (χ1v) is 8.65. The lowest BCUT2D eigenvalue weighted by Crippen LogP contribution is -2.49. The van der Waals surface area contributed by atoms with Crippen LogP contribution >= 0.6 is 22.9 Å². The van der Waals surface area contributed by atoms with E-state index in [1.54, 1.807) is 25.4 Å². The van der Waals surface area contributed by atoms with E-state index in [2.05, 4.69) is 9.97 Å². The van der Waals surface area contributed by atoms with Crippen LogP contribution in [0.5, 0.6) is 5.88 Å². The molecule has 26 heavy (non-hydrogen) atoms. The lowest BCUT2D eigenvalue weighted by molar-refractivity contribution is -0.742. The van der Waals surface area contributed by atoms with Crippen molar-refractivity contribution in [1.82, 2.24) is 14.9 Å². The summed E-state index contributed by atoms with van der Waals surface area (Å²) in [6, 6.07) is 3.46. The molecule has 1 amide bonds. The molecule has 12 heteroatoms. The van der Waals surface area contributed by atoms with Crippen LogP contribution in [0, 0.1) is 10.1 Å². The van der Waals surface area contributed by atoms with E-state index < -0.39 is 5.09 Å². The van der Waals surface area contributed by atoms with Gasteiger partial charge in [-0.3, -0.25) is 4.79 Å². The van der Waals surface area contributed by atoms with Crippen molar-refractivity contribution in [3.05, 3.63) is 43.7 Å². The highest BCUT2D eigenvalue weighted by atomic mass is 35.5. The van der Waals surface area contributed by atoms with Crippen molar-refractivity contribution in [2.75, 3.05) is 38.2 Å². The minimum Gasteiger partial charge on any atom is -0.481 e. The number of nitrogens with zero attached hydrogens (tertiary/aromatic N) is 5. The second-order valence-corrected chi connectivity index (χ2v) is 6.34. The van der Waals surface area contributed by atoms with Crippen molar-refractivity contribution in [2.24, 2.45) is 0 Å². The van der Waals surface area contributed by atoms with Gasteiger partial charge in [0.2, 0.25) is 11.8 Å². The van der Waals surface area contributed by atoms with Crippen molar-refractivity contribution in [1.29, 1.82) is 0 Å². The molecule has 0 saturated carbocycles. The molecule has 0 atom stereocenters. The summed E-state index contributed by atoms with van der Waals surface area (Å²) >= 11 is 7.41. The topological polar surface area (TPSA) is 122 Å². The monoisotopic (exact) mass is 401 g/mol. The number of methoxy groups -OCH3 is 1. The van der Waals surface area contributed by atoms with Crippen LogP contribution < -0.4 is 9.64 Å². The van der Waals surface area contributed by atoms with Crippen LogP contribution in [0.15, 0.2) is 23.7 Å². The molecule has 140 valence electrons. The number of piperazine rings is 1. The minimum absolute atomic E-state index is 0.00814. The molecule has 3 rings (SSSR count). The van der Waals surface area contributed by atoms with Crippen LogP contribution in [-0.4, -0.2) is 64.4 Å². The quantitative estimate of drug-likeness (QED) is 0.610. The number of halogens is 1. The summed E-state index contributed by atoms with van der Waals surface area (Å²) in [7, 11) is 1.58. The van der Waals surface area contributed by atoms with Crippen LogP contribution in [0.25, 0.3) is 0 Å². The molecule has 3 heterocycles. The first kappa shape index (κ1) is 19.7. The van der Waals surface area contributed by atoms with E-state index in [0.717, 1.165) is 0 Å². The predicted molar refractivity (Wildman–Crippen MR) is 94.8 cm³/mol. The highest BCUT2D eigenvalue weighted by molar-refractivity contribution is 7.12. The Morgan fingerprint density at radius 2 is 2.04 bits per heavy atom. The van der Waals surface area contributed by atoms with Gasteiger partial charge in [-0.15, -0.1) is 21.5 Å². The van der Waals surface area contributed by atoms with E-state index in [0.29, 0.717) is 47.9 Å². The van der Waals surface area contributed by atoms with Gasteiger partial charge in [0.25, 0.3) is 11.0 Å². The molecule has 0 unspecified atom stereocenters. The van der Waals surface area contributed by atoms with Gasteiger partial charge in [-0.2, -0.15) is 4.98 Å². The molecule has 1 saturated heterocycles. The van der Waals surface area contributed by atoms with Gasteiger partial charge >= 0.3 is 0 Å². The van der Waals surface area contributed by atoms with Crippen LogP contribution in [-0.2, 0) is 0 Å². The molecule has 1 fully saturated rings. The zero-order chi connectivity index (χ0) is 19.1. The summed E-state index contributed by atoms with van der Waals surface area (Å²) in [5, 5.41) is 16.0. The van der Waals surface area contributed by atoms with Gasteiger partial charge in [0.15, 0.2) is 0 Å². The Bertz CT molecular complexity index is 762. The van der Waals surface area contributed by atoms with Gasteiger partial charge in [-0.05, 0) is 11.4 Å². The fourth-order valence-electron chi connectivity index (χ4n) is 2.30. The fraction of sp³-hybridized carbons (Fsp3) is 0.357. The maximum absolute atomic E-state index is 12.4.